The van der Waals surface area contributed by atoms with Crippen molar-refractivity contribution in [2.75, 3.05) is 0 Å². The molecule has 0 aliphatic carbocycles. The highest BCUT2D eigenvalue weighted by Gasteiger charge is 2.12. The molecule has 0 heterocycles. The molecule has 0 amide bonds. The molecule has 0 spiro atoms. The van der Waals surface area contributed by atoms with Crippen molar-refractivity contribution in [3.8, 4) is 5.75 Å². The van der Waals surface area contributed by atoms with Crippen molar-refractivity contribution in [2.24, 2.45) is 10.2 Å². The molecular weight excluding hydrogens is 286 g/mol. The fourth-order valence-electron chi connectivity index (χ4n) is 1.69. The van der Waals surface area contributed by atoms with Crippen LogP contribution in [0.1, 0.15) is 10.4 Å². The molecule has 7 heteroatoms. The topological polar surface area (TPSA) is 105 Å². The van der Waals surface area contributed by atoms with Gasteiger partial charge in [-0.1, -0.05) is 18.7 Å². The van der Waals surface area contributed by atoms with Gasteiger partial charge in [0.1, 0.15) is 11.4 Å². The number of hydrogen-bond donors (Lipinski definition) is 1. The number of nitro benzene ring substituents is 1. The monoisotopic (exact) mass is 297 g/mol. The van der Waals surface area contributed by atoms with E-state index in [1.807, 2.05) is 0 Å². The van der Waals surface area contributed by atoms with Gasteiger partial charge < -0.3 is 5.11 Å². The van der Waals surface area contributed by atoms with Gasteiger partial charge in [0.2, 0.25) is 0 Å². The van der Waals surface area contributed by atoms with Gasteiger partial charge in [0.25, 0.3) is 5.69 Å². The zero-order valence-electron chi connectivity index (χ0n) is 11.3. The Kier molecular flexibility index (Phi) is 4.38. The predicted octanol–water partition coefficient (Wildman–Crippen LogP) is 4.08. The predicted molar refractivity (Wildman–Crippen MR) is 79.9 cm³/mol. The van der Waals surface area contributed by atoms with Crippen LogP contribution < -0.4 is 0 Å². The van der Waals surface area contributed by atoms with Gasteiger partial charge >= 0.3 is 0 Å². The highest BCUT2D eigenvalue weighted by molar-refractivity contribution is 6.04. The van der Waals surface area contributed by atoms with Crippen molar-refractivity contribution in [3.05, 3.63) is 70.8 Å². The maximum atomic E-state index is 11.5. The first kappa shape index (κ1) is 15.0. The van der Waals surface area contributed by atoms with E-state index in [0.29, 0.717) is 0 Å². The van der Waals surface area contributed by atoms with Gasteiger partial charge in [-0.2, -0.15) is 0 Å². The summed E-state index contributed by atoms with van der Waals surface area (Å²) in [4.78, 5) is 21.8. The van der Waals surface area contributed by atoms with E-state index in [0.717, 1.165) is 6.08 Å². The SMILES string of the molecule is C=CC(=O)c1ccc(O)c(N=Nc2ccccc2[N+](=O)[O-])c1. The van der Waals surface area contributed by atoms with Gasteiger partial charge in [-0.3, -0.25) is 14.9 Å². The van der Waals surface area contributed by atoms with E-state index in [1.54, 1.807) is 6.07 Å². The lowest BCUT2D eigenvalue weighted by atomic mass is 10.1. The molecule has 2 aromatic carbocycles. The molecule has 0 aliphatic heterocycles. The average molecular weight is 297 g/mol. The molecule has 1 N–H and O–H groups in total. The minimum atomic E-state index is -0.578. The fraction of sp³-hybridized carbons (Fsp3) is 0. The lowest BCUT2D eigenvalue weighted by Gasteiger charge is -2.01. The summed E-state index contributed by atoms with van der Waals surface area (Å²) in [5, 5.41) is 28.2. The minimum absolute atomic E-state index is 0.0332. The third-order valence-corrected chi connectivity index (χ3v) is 2.79. The summed E-state index contributed by atoms with van der Waals surface area (Å²) in [6.07, 6.45) is 1.13. The van der Waals surface area contributed by atoms with Crippen LogP contribution in [0.5, 0.6) is 5.75 Å². The Morgan fingerprint density at radius 3 is 2.55 bits per heavy atom. The van der Waals surface area contributed by atoms with E-state index >= 15 is 0 Å². The van der Waals surface area contributed by atoms with Gasteiger partial charge in [-0.05, 0) is 30.3 Å². The molecule has 0 bridgehead atoms. The maximum absolute atomic E-state index is 11.5. The third-order valence-electron chi connectivity index (χ3n) is 2.79. The van der Waals surface area contributed by atoms with Crippen molar-refractivity contribution in [1.29, 1.82) is 0 Å². The number of para-hydroxylation sites is 1. The van der Waals surface area contributed by atoms with Crippen molar-refractivity contribution in [2.45, 2.75) is 0 Å². The Morgan fingerprint density at radius 1 is 1.18 bits per heavy atom. The highest BCUT2D eigenvalue weighted by Crippen LogP contribution is 2.32. The number of aromatic hydroxyl groups is 1. The quantitative estimate of drug-likeness (QED) is 0.295. The number of hydrogen-bond acceptors (Lipinski definition) is 6. The van der Waals surface area contributed by atoms with Gasteiger partial charge in [0, 0.05) is 11.6 Å². The molecular formula is C15H11N3O4. The number of carbonyl (C=O) groups excluding carboxylic acids is 1. The van der Waals surface area contributed by atoms with Crippen molar-refractivity contribution >= 4 is 22.8 Å². The van der Waals surface area contributed by atoms with Crippen LogP contribution in [0.3, 0.4) is 0 Å². The molecule has 0 radical (unpaired) electrons. The van der Waals surface area contributed by atoms with Crippen LogP contribution in [-0.2, 0) is 0 Å². The maximum Gasteiger partial charge on any atom is 0.296 e. The molecule has 0 atom stereocenters. The van der Waals surface area contributed by atoms with E-state index in [-0.39, 0.29) is 34.2 Å². The number of phenolic OH excluding ortho intramolecular Hbond substituents is 1. The molecule has 0 aromatic heterocycles. The molecule has 0 aliphatic rings. The Bertz CT molecular complexity index is 784. The summed E-state index contributed by atoms with van der Waals surface area (Å²) >= 11 is 0. The van der Waals surface area contributed by atoms with E-state index in [4.69, 9.17) is 0 Å². The van der Waals surface area contributed by atoms with Crippen LogP contribution >= 0.6 is 0 Å². The Morgan fingerprint density at radius 2 is 1.86 bits per heavy atom. The molecule has 2 rings (SSSR count). The van der Waals surface area contributed by atoms with E-state index in [9.17, 15) is 20.0 Å². The summed E-state index contributed by atoms with van der Waals surface area (Å²) in [6, 6.07) is 9.87. The Hall–Kier alpha value is -3.35. The van der Waals surface area contributed by atoms with Gasteiger partial charge in [0.05, 0.1) is 4.92 Å². The van der Waals surface area contributed by atoms with Crippen LogP contribution in [0.15, 0.2) is 65.3 Å². The summed E-state index contributed by atoms with van der Waals surface area (Å²) in [5.41, 5.74) is 0.159. The van der Waals surface area contributed by atoms with Crippen LogP contribution in [0.25, 0.3) is 0 Å². The number of nitrogens with zero attached hydrogens (tertiary/aromatic N) is 3. The number of phenols is 1. The summed E-state index contributed by atoms with van der Waals surface area (Å²) in [7, 11) is 0. The van der Waals surface area contributed by atoms with Gasteiger partial charge in [0.15, 0.2) is 11.5 Å². The average Bonchev–Trinajstić information content (AvgIpc) is 2.53. The molecule has 110 valence electrons. The fourth-order valence-corrected chi connectivity index (χ4v) is 1.69. The van der Waals surface area contributed by atoms with E-state index in [1.165, 1.54) is 36.4 Å². The molecule has 0 saturated heterocycles. The lowest BCUT2D eigenvalue weighted by Crippen LogP contribution is -1.92. The van der Waals surface area contributed by atoms with Crippen molar-refractivity contribution < 1.29 is 14.8 Å². The van der Waals surface area contributed by atoms with Crippen LogP contribution in [0.4, 0.5) is 17.1 Å². The smallest absolute Gasteiger partial charge is 0.296 e. The first-order valence-corrected chi connectivity index (χ1v) is 6.18. The zero-order chi connectivity index (χ0) is 16.1. The third kappa shape index (κ3) is 3.21. The second-order valence-corrected chi connectivity index (χ2v) is 4.22. The Labute approximate surface area is 125 Å². The summed E-state index contributed by atoms with van der Waals surface area (Å²) in [5.74, 6) is -0.523. The van der Waals surface area contributed by atoms with E-state index in [2.05, 4.69) is 16.8 Å². The van der Waals surface area contributed by atoms with Crippen molar-refractivity contribution in [3.63, 3.8) is 0 Å². The first-order valence-electron chi connectivity index (χ1n) is 6.18. The van der Waals surface area contributed by atoms with Crippen LogP contribution in [-0.4, -0.2) is 15.8 Å². The van der Waals surface area contributed by atoms with Crippen LogP contribution in [0.2, 0.25) is 0 Å². The molecule has 7 nitrogen and oxygen atoms in total. The highest BCUT2D eigenvalue weighted by atomic mass is 16.6. The lowest BCUT2D eigenvalue weighted by molar-refractivity contribution is -0.384. The molecule has 0 fully saturated rings. The number of ketones is 1. The number of rotatable bonds is 5. The molecule has 2 aromatic rings. The largest absolute Gasteiger partial charge is 0.506 e. The Balaban J connectivity index is 2.40. The first-order chi connectivity index (χ1) is 10.5. The molecule has 0 saturated carbocycles. The number of benzene rings is 2. The number of allylic oxidation sites excluding steroid dienone is 1. The van der Waals surface area contributed by atoms with Crippen molar-refractivity contribution in [1.82, 2.24) is 0 Å². The molecule has 22 heavy (non-hydrogen) atoms. The minimum Gasteiger partial charge on any atom is -0.506 e. The van der Waals surface area contributed by atoms with Gasteiger partial charge in [-0.15, -0.1) is 10.2 Å². The number of nitro groups is 1. The summed E-state index contributed by atoms with van der Waals surface area (Å²) in [6.45, 7) is 3.37. The number of azo groups is 1. The second kappa shape index (κ2) is 6.40. The molecule has 0 unspecified atom stereocenters. The van der Waals surface area contributed by atoms with Gasteiger partial charge in [-0.25, -0.2) is 0 Å². The summed E-state index contributed by atoms with van der Waals surface area (Å²) < 4.78 is 0. The van der Waals surface area contributed by atoms with E-state index < -0.39 is 4.92 Å². The normalized spacial score (nSPS) is 10.5. The zero-order valence-corrected chi connectivity index (χ0v) is 11.3. The standard InChI is InChI=1S/C15H11N3O4/c1-2-14(19)10-7-8-15(20)12(9-10)17-16-11-5-3-4-6-13(11)18(21)22/h2-9,20H,1H2. The second-order valence-electron chi connectivity index (χ2n) is 4.22. The van der Waals surface area contributed by atoms with Crippen LogP contribution in [0, 0.1) is 10.1 Å². The number of carbonyl (C=O) groups is 1.